The smallest absolute Gasteiger partial charge is 0.194 e. The summed E-state index contributed by atoms with van der Waals surface area (Å²) in [4.78, 5) is 15.8. The van der Waals surface area contributed by atoms with Crippen LogP contribution in [0.25, 0.3) is 16.4 Å². The lowest BCUT2D eigenvalue weighted by Gasteiger charge is -2.08. The van der Waals surface area contributed by atoms with Crippen LogP contribution in [-0.2, 0) is 9.84 Å². The zero-order chi connectivity index (χ0) is 17.3. The molecule has 0 aliphatic heterocycles. The fourth-order valence-corrected chi connectivity index (χ4v) is 4.38. The van der Waals surface area contributed by atoms with E-state index >= 15 is 0 Å². The number of aldehydes is 1. The number of halogens is 1. The van der Waals surface area contributed by atoms with Gasteiger partial charge >= 0.3 is 0 Å². The molecular weight excluding hydrogens is 368 g/mol. The monoisotopic (exact) mass is 380 g/mol. The van der Waals surface area contributed by atoms with Gasteiger partial charge in [-0.25, -0.2) is 13.4 Å². The zero-order valence-electron chi connectivity index (χ0n) is 12.6. The number of benzene rings is 1. The lowest BCUT2D eigenvalue weighted by molar-refractivity contribution is 0.111. The van der Waals surface area contributed by atoms with Gasteiger partial charge in [0.15, 0.2) is 21.3 Å². The molecular formula is C16H13ClN2O3S2. The van der Waals surface area contributed by atoms with E-state index in [0.717, 1.165) is 6.29 Å². The highest BCUT2D eigenvalue weighted by Crippen LogP contribution is 2.32. The van der Waals surface area contributed by atoms with Crippen LogP contribution in [0.15, 0.2) is 46.8 Å². The fourth-order valence-electron chi connectivity index (χ4n) is 2.29. The third-order valence-electron chi connectivity index (χ3n) is 3.53. The van der Waals surface area contributed by atoms with E-state index in [1.54, 1.807) is 47.3 Å². The van der Waals surface area contributed by atoms with E-state index in [4.69, 9.17) is 11.6 Å². The highest BCUT2D eigenvalue weighted by Gasteiger charge is 2.20. The third kappa shape index (κ3) is 3.02. The van der Waals surface area contributed by atoms with E-state index in [9.17, 15) is 13.2 Å². The van der Waals surface area contributed by atoms with Crippen molar-refractivity contribution in [2.75, 3.05) is 5.75 Å². The first kappa shape index (κ1) is 16.9. The summed E-state index contributed by atoms with van der Waals surface area (Å²) >= 11 is 7.36. The molecule has 0 radical (unpaired) electrons. The molecule has 2 aromatic heterocycles. The van der Waals surface area contributed by atoms with E-state index in [1.807, 2.05) is 0 Å². The largest absolute Gasteiger partial charge is 0.296 e. The molecule has 0 spiro atoms. The van der Waals surface area contributed by atoms with Gasteiger partial charge in [-0.05, 0) is 30.3 Å². The summed E-state index contributed by atoms with van der Waals surface area (Å²) in [5.74, 6) is -0.00842. The number of nitrogens with zero attached hydrogens (tertiary/aromatic N) is 2. The van der Waals surface area contributed by atoms with Crippen molar-refractivity contribution in [2.45, 2.75) is 11.8 Å². The SMILES string of the molecule is CCS(=O)(=O)c1ccc(Cl)cc1-c1csc(-n2cccc2C=O)n1. The first-order chi connectivity index (χ1) is 11.5. The van der Waals surface area contributed by atoms with Gasteiger partial charge in [0.1, 0.15) is 0 Å². The Morgan fingerprint density at radius 1 is 1.33 bits per heavy atom. The Hall–Kier alpha value is -1.96. The van der Waals surface area contributed by atoms with E-state index in [-0.39, 0.29) is 10.6 Å². The molecule has 1 aromatic carbocycles. The Morgan fingerprint density at radius 2 is 2.12 bits per heavy atom. The second kappa shape index (κ2) is 6.51. The third-order valence-corrected chi connectivity index (χ3v) is 6.39. The van der Waals surface area contributed by atoms with Gasteiger partial charge in [0.05, 0.1) is 22.0 Å². The van der Waals surface area contributed by atoms with Gasteiger partial charge in [-0.2, -0.15) is 0 Å². The summed E-state index contributed by atoms with van der Waals surface area (Å²) in [6, 6.07) is 8.08. The van der Waals surface area contributed by atoms with Crippen LogP contribution in [0.5, 0.6) is 0 Å². The van der Waals surface area contributed by atoms with Crippen LogP contribution in [0.1, 0.15) is 17.4 Å². The van der Waals surface area contributed by atoms with Gasteiger partial charge in [0.25, 0.3) is 0 Å². The van der Waals surface area contributed by atoms with Crippen molar-refractivity contribution >= 4 is 39.1 Å². The molecule has 24 heavy (non-hydrogen) atoms. The van der Waals surface area contributed by atoms with Gasteiger partial charge < -0.3 is 0 Å². The number of rotatable bonds is 5. The van der Waals surface area contributed by atoms with Crippen LogP contribution in [0.2, 0.25) is 5.02 Å². The molecule has 124 valence electrons. The van der Waals surface area contributed by atoms with Crippen LogP contribution in [0.4, 0.5) is 0 Å². The fraction of sp³-hybridized carbons (Fsp3) is 0.125. The summed E-state index contributed by atoms with van der Waals surface area (Å²) in [6.45, 7) is 1.59. The number of hydrogen-bond donors (Lipinski definition) is 0. The molecule has 0 bridgehead atoms. The minimum atomic E-state index is -3.41. The van der Waals surface area contributed by atoms with Gasteiger partial charge in [-0.3, -0.25) is 9.36 Å². The molecule has 0 N–H and O–H groups in total. The van der Waals surface area contributed by atoms with Gasteiger partial charge in [0, 0.05) is 22.2 Å². The maximum absolute atomic E-state index is 12.3. The average Bonchev–Trinajstić information content (AvgIpc) is 3.23. The highest BCUT2D eigenvalue weighted by molar-refractivity contribution is 7.91. The summed E-state index contributed by atoms with van der Waals surface area (Å²) in [6.07, 6.45) is 2.47. The van der Waals surface area contributed by atoms with Crippen molar-refractivity contribution in [3.8, 4) is 16.4 Å². The lowest BCUT2D eigenvalue weighted by atomic mass is 10.2. The number of carbonyl (C=O) groups excluding carboxylic acids is 1. The molecule has 0 fully saturated rings. The Bertz CT molecular complexity index is 1010. The summed E-state index contributed by atoms with van der Waals surface area (Å²) < 4.78 is 26.3. The predicted octanol–water partition coefficient (Wildman–Crippen LogP) is 3.86. The molecule has 8 heteroatoms. The number of sulfone groups is 1. The molecule has 0 atom stereocenters. The van der Waals surface area contributed by atoms with Crippen molar-refractivity contribution in [1.82, 2.24) is 9.55 Å². The molecule has 0 unspecified atom stereocenters. The Kier molecular flexibility index (Phi) is 4.58. The maximum atomic E-state index is 12.3. The first-order valence-corrected chi connectivity index (χ1v) is 9.98. The van der Waals surface area contributed by atoms with Crippen molar-refractivity contribution in [1.29, 1.82) is 0 Å². The molecule has 0 saturated heterocycles. The van der Waals surface area contributed by atoms with Crippen molar-refractivity contribution in [3.05, 3.63) is 52.6 Å². The van der Waals surface area contributed by atoms with E-state index < -0.39 is 9.84 Å². The first-order valence-electron chi connectivity index (χ1n) is 7.07. The number of aromatic nitrogens is 2. The van der Waals surface area contributed by atoms with E-state index in [2.05, 4.69) is 4.98 Å². The number of hydrogen-bond acceptors (Lipinski definition) is 5. The average molecular weight is 381 g/mol. The quantitative estimate of drug-likeness (QED) is 0.630. The second-order valence-corrected chi connectivity index (χ2v) is 8.50. The highest BCUT2D eigenvalue weighted by atomic mass is 35.5. The van der Waals surface area contributed by atoms with Crippen molar-refractivity contribution < 1.29 is 13.2 Å². The number of carbonyl (C=O) groups is 1. The summed E-state index contributed by atoms with van der Waals surface area (Å²) in [7, 11) is -3.41. The van der Waals surface area contributed by atoms with Crippen LogP contribution >= 0.6 is 22.9 Å². The molecule has 2 heterocycles. The van der Waals surface area contributed by atoms with Gasteiger partial charge in [0.2, 0.25) is 0 Å². The van der Waals surface area contributed by atoms with Crippen molar-refractivity contribution in [2.24, 2.45) is 0 Å². The normalized spacial score (nSPS) is 11.6. The topological polar surface area (TPSA) is 69.0 Å². The lowest BCUT2D eigenvalue weighted by Crippen LogP contribution is -2.05. The van der Waals surface area contributed by atoms with Crippen LogP contribution in [0, 0.1) is 0 Å². The Balaban J connectivity index is 2.14. The van der Waals surface area contributed by atoms with E-state index in [1.165, 1.54) is 17.4 Å². The molecule has 0 aliphatic rings. The predicted molar refractivity (Wildman–Crippen MR) is 95.0 cm³/mol. The molecule has 5 nitrogen and oxygen atoms in total. The Labute approximate surface area is 148 Å². The Morgan fingerprint density at radius 3 is 2.83 bits per heavy atom. The molecule has 0 amide bonds. The van der Waals surface area contributed by atoms with Crippen LogP contribution in [0.3, 0.4) is 0 Å². The maximum Gasteiger partial charge on any atom is 0.194 e. The van der Waals surface area contributed by atoms with Crippen LogP contribution < -0.4 is 0 Å². The zero-order valence-corrected chi connectivity index (χ0v) is 15.0. The van der Waals surface area contributed by atoms with Gasteiger partial charge in [-0.15, -0.1) is 11.3 Å². The molecule has 3 aromatic rings. The molecule has 3 rings (SSSR count). The van der Waals surface area contributed by atoms with Crippen molar-refractivity contribution in [3.63, 3.8) is 0 Å². The standard InChI is InChI=1S/C16H13ClN2O3S2/c1-2-24(21,22)15-6-5-11(17)8-13(15)14-10-23-16(18-14)19-7-3-4-12(19)9-20/h3-10H,2H2,1H3. The minimum absolute atomic E-state index is 0.00842. The second-order valence-electron chi connectivity index (χ2n) is 4.98. The van der Waals surface area contributed by atoms with Gasteiger partial charge in [-0.1, -0.05) is 18.5 Å². The van der Waals surface area contributed by atoms with E-state index in [0.29, 0.717) is 27.1 Å². The minimum Gasteiger partial charge on any atom is -0.296 e. The number of thiazole rings is 1. The molecule has 0 aliphatic carbocycles. The summed E-state index contributed by atoms with van der Waals surface area (Å²) in [5.41, 5.74) is 1.45. The van der Waals surface area contributed by atoms with Crippen LogP contribution in [-0.4, -0.2) is 30.0 Å². The summed E-state index contributed by atoms with van der Waals surface area (Å²) in [5, 5.41) is 2.77. The molecule has 0 saturated carbocycles.